The van der Waals surface area contributed by atoms with Crippen molar-refractivity contribution in [2.24, 2.45) is 0 Å². The highest BCUT2D eigenvalue weighted by Gasteiger charge is 2.28. The molecule has 25 heavy (non-hydrogen) atoms. The third-order valence-corrected chi connectivity index (χ3v) is 4.43. The van der Waals surface area contributed by atoms with Gasteiger partial charge in [0, 0.05) is 38.6 Å². The van der Waals surface area contributed by atoms with Crippen molar-refractivity contribution in [1.82, 2.24) is 24.6 Å². The van der Waals surface area contributed by atoms with Crippen molar-refractivity contribution >= 4 is 17.6 Å². The van der Waals surface area contributed by atoms with Gasteiger partial charge in [-0.3, -0.25) is 0 Å². The van der Waals surface area contributed by atoms with Gasteiger partial charge >= 0.3 is 6.09 Å². The van der Waals surface area contributed by atoms with Crippen molar-refractivity contribution in [3.05, 3.63) is 24.8 Å². The molecule has 0 bridgehead atoms. The number of hydrogen-bond donors (Lipinski definition) is 1. The summed E-state index contributed by atoms with van der Waals surface area (Å²) in [5, 5.41) is 4.18. The average Bonchev–Trinajstić information content (AvgIpc) is 3.16. The van der Waals surface area contributed by atoms with Gasteiger partial charge in [-0.25, -0.2) is 19.4 Å². The smallest absolute Gasteiger partial charge is 0.409 e. The second-order valence-electron chi connectivity index (χ2n) is 5.91. The van der Waals surface area contributed by atoms with Gasteiger partial charge in [-0.05, 0) is 25.8 Å². The molecular weight excluding hydrogens is 322 g/mol. The Morgan fingerprint density at radius 3 is 2.72 bits per heavy atom. The quantitative estimate of drug-likeness (QED) is 0.891. The number of carbonyl (C=O) groups is 1. The van der Waals surface area contributed by atoms with Crippen LogP contribution >= 0.6 is 0 Å². The molecular formula is C16H23N7O2. The molecule has 0 saturated carbocycles. The molecule has 1 saturated heterocycles. The van der Waals surface area contributed by atoms with Crippen molar-refractivity contribution in [2.75, 3.05) is 37.4 Å². The molecule has 0 aromatic carbocycles. The Morgan fingerprint density at radius 2 is 2.08 bits per heavy atom. The number of amides is 1. The summed E-state index contributed by atoms with van der Waals surface area (Å²) < 4.78 is 6.69. The highest BCUT2D eigenvalue weighted by Crippen LogP contribution is 2.28. The van der Waals surface area contributed by atoms with Crippen LogP contribution in [0, 0.1) is 0 Å². The van der Waals surface area contributed by atoms with E-state index in [1.54, 1.807) is 29.0 Å². The molecule has 2 aromatic rings. The Kier molecular flexibility index (Phi) is 5.01. The number of rotatable bonds is 4. The molecule has 2 N–H and O–H groups in total. The number of ether oxygens (including phenoxy) is 1. The Morgan fingerprint density at radius 1 is 1.36 bits per heavy atom. The van der Waals surface area contributed by atoms with Crippen LogP contribution < -0.4 is 10.6 Å². The lowest BCUT2D eigenvalue weighted by atomic mass is 10.0. The van der Waals surface area contributed by atoms with Crippen molar-refractivity contribution in [1.29, 1.82) is 0 Å². The fourth-order valence-corrected chi connectivity index (χ4v) is 3.05. The van der Waals surface area contributed by atoms with Gasteiger partial charge in [0.2, 0.25) is 0 Å². The first-order valence-electron chi connectivity index (χ1n) is 8.36. The van der Waals surface area contributed by atoms with E-state index in [1.807, 2.05) is 13.0 Å². The molecule has 9 nitrogen and oxygen atoms in total. The molecule has 1 aliphatic heterocycles. The lowest BCUT2D eigenvalue weighted by molar-refractivity contribution is 0.0962. The number of nitrogens with zero attached hydrogens (tertiary/aromatic N) is 6. The van der Waals surface area contributed by atoms with E-state index >= 15 is 0 Å². The van der Waals surface area contributed by atoms with E-state index in [1.165, 1.54) is 6.33 Å². The topological polar surface area (TPSA) is 102 Å². The molecule has 1 fully saturated rings. The lowest BCUT2D eigenvalue weighted by Gasteiger charge is -2.37. The lowest BCUT2D eigenvalue weighted by Crippen LogP contribution is -2.46. The zero-order valence-corrected chi connectivity index (χ0v) is 14.5. The minimum atomic E-state index is -0.275. The molecule has 1 amide bonds. The van der Waals surface area contributed by atoms with E-state index in [2.05, 4.69) is 20.0 Å². The highest BCUT2D eigenvalue weighted by atomic mass is 16.6. The zero-order valence-electron chi connectivity index (χ0n) is 14.5. The number of aromatic nitrogens is 4. The molecule has 134 valence electrons. The normalized spacial score (nSPS) is 15.2. The first-order chi connectivity index (χ1) is 12.1. The van der Waals surface area contributed by atoms with Crippen LogP contribution in [0.3, 0.4) is 0 Å². The molecule has 2 aromatic heterocycles. The molecule has 9 heteroatoms. The maximum Gasteiger partial charge on any atom is 0.409 e. The Labute approximate surface area is 146 Å². The molecule has 0 aliphatic carbocycles. The predicted octanol–water partition coefficient (Wildman–Crippen LogP) is 1.30. The minimum Gasteiger partial charge on any atom is -0.450 e. The van der Waals surface area contributed by atoms with Gasteiger partial charge in [-0.15, -0.1) is 0 Å². The summed E-state index contributed by atoms with van der Waals surface area (Å²) in [6.07, 6.45) is 6.36. The molecule has 3 heterocycles. The molecule has 0 unspecified atom stereocenters. The third kappa shape index (κ3) is 3.49. The van der Waals surface area contributed by atoms with Crippen LogP contribution in [-0.2, 0) is 4.74 Å². The Hall–Kier alpha value is -2.84. The zero-order chi connectivity index (χ0) is 17.8. The van der Waals surface area contributed by atoms with Crippen molar-refractivity contribution in [2.45, 2.75) is 25.8 Å². The molecule has 1 aliphatic rings. The summed E-state index contributed by atoms with van der Waals surface area (Å²) in [6, 6.07) is 1.97. The SMILES string of the molecule is CCOC(=O)N(C)C1CCN(c2ncnc(-n3cccn3)c2N)CC1. The van der Waals surface area contributed by atoms with E-state index in [4.69, 9.17) is 10.5 Å². The Balaban J connectivity index is 1.69. The number of hydrogen-bond acceptors (Lipinski definition) is 7. The van der Waals surface area contributed by atoms with Crippen LogP contribution in [0.15, 0.2) is 24.8 Å². The van der Waals surface area contributed by atoms with E-state index in [9.17, 15) is 4.79 Å². The van der Waals surface area contributed by atoms with E-state index in [0.717, 1.165) is 25.9 Å². The monoisotopic (exact) mass is 345 g/mol. The summed E-state index contributed by atoms with van der Waals surface area (Å²) in [7, 11) is 1.78. The van der Waals surface area contributed by atoms with Crippen molar-refractivity contribution < 1.29 is 9.53 Å². The van der Waals surface area contributed by atoms with Gasteiger partial charge in [0.05, 0.1) is 6.61 Å². The fourth-order valence-electron chi connectivity index (χ4n) is 3.05. The van der Waals surface area contributed by atoms with Gasteiger partial charge < -0.3 is 20.3 Å². The number of nitrogen functional groups attached to an aromatic ring is 1. The summed E-state index contributed by atoms with van der Waals surface area (Å²) in [6.45, 7) is 3.71. The van der Waals surface area contributed by atoms with Crippen molar-refractivity contribution in [3.63, 3.8) is 0 Å². The van der Waals surface area contributed by atoms with Crippen LogP contribution in [0.5, 0.6) is 0 Å². The maximum absolute atomic E-state index is 11.9. The Bertz CT molecular complexity index is 711. The van der Waals surface area contributed by atoms with E-state index in [0.29, 0.717) is 23.9 Å². The van der Waals surface area contributed by atoms with Crippen LogP contribution in [0.25, 0.3) is 5.82 Å². The number of piperidine rings is 1. The van der Waals surface area contributed by atoms with Gasteiger partial charge in [0.15, 0.2) is 11.6 Å². The van der Waals surface area contributed by atoms with Crippen molar-refractivity contribution in [3.8, 4) is 5.82 Å². The number of carbonyl (C=O) groups excluding carboxylic acids is 1. The van der Waals surface area contributed by atoms with Crippen LogP contribution in [0.4, 0.5) is 16.3 Å². The second kappa shape index (κ2) is 7.37. The summed E-state index contributed by atoms with van der Waals surface area (Å²) in [4.78, 5) is 24.2. The largest absolute Gasteiger partial charge is 0.450 e. The van der Waals surface area contributed by atoms with Gasteiger partial charge in [0.25, 0.3) is 0 Å². The van der Waals surface area contributed by atoms with E-state index < -0.39 is 0 Å². The molecule has 0 spiro atoms. The second-order valence-corrected chi connectivity index (χ2v) is 5.91. The standard InChI is InChI=1S/C16H23N7O2/c1-3-25-16(24)21(2)12-5-9-22(10-6-12)14-13(17)15(19-11-18-14)23-8-4-7-20-23/h4,7-8,11-12H,3,5-6,9-10,17H2,1-2H3. The predicted molar refractivity (Wildman–Crippen MR) is 93.6 cm³/mol. The first-order valence-corrected chi connectivity index (χ1v) is 8.36. The van der Waals surface area contributed by atoms with Gasteiger partial charge in [0.1, 0.15) is 12.0 Å². The average molecular weight is 345 g/mol. The van der Waals surface area contributed by atoms with Gasteiger partial charge in [-0.2, -0.15) is 5.10 Å². The van der Waals surface area contributed by atoms with Gasteiger partial charge in [-0.1, -0.05) is 0 Å². The molecule has 0 radical (unpaired) electrons. The van der Waals surface area contributed by atoms with Crippen LogP contribution in [0.1, 0.15) is 19.8 Å². The third-order valence-electron chi connectivity index (χ3n) is 4.43. The fraction of sp³-hybridized carbons (Fsp3) is 0.500. The minimum absolute atomic E-state index is 0.156. The number of nitrogens with two attached hydrogens (primary N) is 1. The van der Waals surface area contributed by atoms with E-state index in [-0.39, 0.29) is 12.1 Å². The highest BCUT2D eigenvalue weighted by molar-refractivity contribution is 5.70. The summed E-state index contributed by atoms with van der Waals surface area (Å²) in [5.41, 5.74) is 6.78. The summed E-state index contributed by atoms with van der Waals surface area (Å²) in [5.74, 6) is 1.28. The first kappa shape index (κ1) is 17.0. The van der Waals surface area contributed by atoms with Crippen LogP contribution in [-0.4, -0.2) is 63.5 Å². The number of anilines is 2. The summed E-state index contributed by atoms with van der Waals surface area (Å²) >= 11 is 0. The molecule has 0 atom stereocenters. The van der Waals surface area contributed by atoms with Crippen LogP contribution in [0.2, 0.25) is 0 Å². The maximum atomic E-state index is 11.9. The molecule has 3 rings (SSSR count).